The Kier molecular flexibility index (Phi) is 5.93. The molecule has 0 saturated carbocycles. The summed E-state index contributed by atoms with van der Waals surface area (Å²) in [5, 5.41) is 0. The zero-order chi connectivity index (χ0) is 8.85. The van der Waals surface area contributed by atoms with E-state index in [1.165, 1.54) is 12.0 Å². The van der Waals surface area contributed by atoms with Crippen molar-refractivity contribution >= 4 is 15.9 Å². The monoisotopic (exact) mass is 218 g/mol. The summed E-state index contributed by atoms with van der Waals surface area (Å²) in [6.45, 7) is 8.89. The third kappa shape index (κ3) is 5.49. The Morgan fingerprint density at radius 1 is 1.45 bits per heavy atom. The van der Waals surface area contributed by atoms with Gasteiger partial charge in [0.1, 0.15) is 0 Å². The molecule has 0 rings (SSSR count). The number of allylic oxidation sites excluding steroid dienone is 2. The van der Waals surface area contributed by atoms with Crippen LogP contribution in [0.2, 0.25) is 0 Å². The molecule has 0 aliphatic carbocycles. The molecule has 0 spiro atoms. The molecule has 0 aliphatic heterocycles. The zero-order valence-electron chi connectivity index (χ0n) is 8.02. The molecule has 1 heteroatoms. The van der Waals surface area contributed by atoms with Crippen molar-refractivity contribution in [1.82, 2.24) is 0 Å². The lowest BCUT2D eigenvalue weighted by atomic mass is 10.0. The Hall–Kier alpha value is 0.220. The van der Waals surface area contributed by atoms with Crippen LogP contribution in [0.3, 0.4) is 0 Å². The number of rotatable bonds is 4. The van der Waals surface area contributed by atoms with Crippen LogP contribution >= 0.6 is 15.9 Å². The first-order chi connectivity index (χ1) is 5.07. The summed E-state index contributed by atoms with van der Waals surface area (Å²) in [7, 11) is 0. The fourth-order valence-corrected chi connectivity index (χ4v) is 1.49. The summed E-state index contributed by atoms with van der Waals surface area (Å²) in [6.07, 6.45) is 4.64. The molecule has 0 amide bonds. The normalized spacial score (nSPS) is 15.6. The number of alkyl halides is 1. The molecule has 0 bridgehead atoms. The lowest BCUT2D eigenvalue weighted by molar-refractivity contribution is 0.610. The predicted molar refractivity (Wildman–Crippen MR) is 56.2 cm³/mol. The highest BCUT2D eigenvalue weighted by atomic mass is 79.9. The SMILES string of the molecule is CCC=C(C)CC(Br)C(C)C. The molecular weight excluding hydrogens is 200 g/mol. The third-order valence-corrected chi connectivity index (χ3v) is 3.17. The van der Waals surface area contributed by atoms with Gasteiger partial charge >= 0.3 is 0 Å². The molecule has 0 aromatic carbocycles. The Balaban J connectivity index is 3.75. The van der Waals surface area contributed by atoms with Crippen molar-refractivity contribution in [3.8, 4) is 0 Å². The van der Waals surface area contributed by atoms with Crippen molar-refractivity contribution < 1.29 is 0 Å². The first-order valence-corrected chi connectivity index (χ1v) is 5.29. The van der Waals surface area contributed by atoms with E-state index in [9.17, 15) is 0 Å². The van der Waals surface area contributed by atoms with Gasteiger partial charge < -0.3 is 0 Å². The van der Waals surface area contributed by atoms with Crippen LogP contribution < -0.4 is 0 Å². The summed E-state index contributed by atoms with van der Waals surface area (Å²) < 4.78 is 0. The Labute approximate surface area is 79.2 Å². The molecule has 0 heterocycles. The largest absolute Gasteiger partial charge is 0.0884 e. The van der Waals surface area contributed by atoms with Gasteiger partial charge in [-0.25, -0.2) is 0 Å². The minimum Gasteiger partial charge on any atom is -0.0884 e. The molecular formula is C10H19Br. The molecule has 1 unspecified atom stereocenters. The number of halogens is 1. The van der Waals surface area contributed by atoms with E-state index in [2.05, 4.69) is 49.7 Å². The summed E-state index contributed by atoms with van der Waals surface area (Å²) >= 11 is 3.67. The van der Waals surface area contributed by atoms with E-state index in [-0.39, 0.29) is 0 Å². The van der Waals surface area contributed by atoms with Crippen LogP contribution in [0.25, 0.3) is 0 Å². The van der Waals surface area contributed by atoms with E-state index in [1.807, 2.05) is 0 Å². The third-order valence-electron chi connectivity index (χ3n) is 1.79. The molecule has 0 N–H and O–H groups in total. The molecule has 0 saturated heterocycles. The maximum atomic E-state index is 3.67. The Morgan fingerprint density at radius 2 is 2.00 bits per heavy atom. The lowest BCUT2D eigenvalue weighted by Crippen LogP contribution is -2.06. The molecule has 0 aliphatic rings. The van der Waals surface area contributed by atoms with Crippen LogP contribution in [-0.2, 0) is 0 Å². The topological polar surface area (TPSA) is 0 Å². The van der Waals surface area contributed by atoms with Gasteiger partial charge in [0.05, 0.1) is 0 Å². The first kappa shape index (κ1) is 11.2. The Morgan fingerprint density at radius 3 is 2.36 bits per heavy atom. The van der Waals surface area contributed by atoms with Gasteiger partial charge in [0.15, 0.2) is 0 Å². The highest BCUT2D eigenvalue weighted by Crippen LogP contribution is 2.20. The highest BCUT2D eigenvalue weighted by Gasteiger charge is 2.08. The number of hydrogen-bond acceptors (Lipinski definition) is 0. The van der Waals surface area contributed by atoms with E-state index < -0.39 is 0 Å². The summed E-state index contributed by atoms with van der Waals surface area (Å²) in [6, 6.07) is 0. The van der Waals surface area contributed by atoms with E-state index in [4.69, 9.17) is 0 Å². The second-order valence-corrected chi connectivity index (χ2v) is 4.60. The molecule has 66 valence electrons. The van der Waals surface area contributed by atoms with Gasteiger partial charge in [-0.15, -0.1) is 0 Å². The van der Waals surface area contributed by atoms with Crippen LogP contribution in [0, 0.1) is 5.92 Å². The molecule has 1 atom stereocenters. The van der Waals surface area contributed by atoms with Gasteiger partial charge in [-0.1, -0.05) is 48.4 Å². The van der Waals surface area contributed by atoms with Crippen LogP contribution in [0.5, 0.6) is 0 Å². The van der Waals surface area contributed by atoms with Crippen molar-refractivity contribution in [3.63, 3.8) is 0 Å². The highest BCUT2D eigenvalue weighted by molar-refractivity contribution is 9.09. The minimum absolute atomic E-state index is 0.644. The van der Waals surface area contributed by atoms with Gasteiger partial charge in [-0.2, -0.15) is 0 Å². The zero-order valence-corrected chi connectivity index (χ0v) is 9.61. The fraction of sp³-hybridized carbons (Fsp3) is 0.800. The van der Waals surface area contributed by atoms with Gasteiger partial charge in [-0.05, 0) is 25.7 Å². The molecule has 11 heavy (non-hydrogen) atoms. The Bertz CT molecular complexity index is 125. The van der Waals surface area contributed by atoms with Crippen molar-refractivity contribution in [1.29, 1.82) is 0 Å². The quantitative estimate of drug-likeness (QED) is 0.492. The van der Waals surface area contributed by atoms with Crippen LogP contribution in [0.15, 0.2) is 11.6 Å². The van der Waals surface area contributed by atoms with E-state index in [1.54, 1.807) is 0 Å². The average molecular weight is 219 g/mol. The van der Waals surface area contributed by atoms with E-state index >= 15 is 0 Å². The van der Waals surface area contributed by atoms with Gasteiger partial charge in [0.25, 0.3) is 0 Å². The van der Waals surface area contributed by atoms with Crippen LogP contribution in [0.4, 0.5) is 0 Å². The maximum absolute atomic E-state index is 3.67. The van der Waals surface area contributed by atoms with Gasteiger partial charge in [0, 0.05) is 4.83 Å². The van der Waals surface area contributed by atoms with Crippen LogP contribution in [-0.4, -0.2) is 4.83 Å². The number of hydrogen-bond donors (Lipinski definition) is 0. The smallest absolute Gasteiger partial charge is 0.0205 e. The second kappa shape index (κ2) is 5.82. The van der Waals surface area contributed by atoms with Gasteiger partial charge in [0.2, 0.25) is 0 Å². The summed E-state index contributed by atoms with van der Waals surface area (Å²) in [4.78, 5) is 0.644. The molecule has 0 nitrogen and oxygen atoms in total. The molecule has 0 aromatic rings. The van der Waals surface area contributed by atoms with Crippen molar-refractivity contribution in [2.45, 2.75) is 45.4 Å². The van der Waals surface area contributed by atoms with Gasteiger partial charge in [-0.3, -0.25) is 0 Å². The molecule has 0 aromatic heterocycles. The van der Waals surface area contributed by atoms with E-state index in [0.29, 0.717) is 4.83 Å². The van der Waals surface area contributed by atoms with Crippen molar-refractivity contribution in [3.05, 3.63) is 11.6 Å². The predicted octanol–water partition coefficient (Wildman–Crippen LogP) is 4.15. The second-order valence-electron chi connectivity index (χ2n) is 3.42. The van der Waals surface area contributed by atoms with Crippen LogP contribution in [0.1, 0.15) is 40.5 Å². The molecule has 0 fully saturated rings. The minimum atomic E-state index is 0.644. The average Bonchev–Trinajstić information content (AvgIpc) is 1.87. The fourth-order valence-electron chi connectivity index (χ4n) is 0.975. The molecule has 0 radical (unpaired) electrons. The lowest BCUT2D eigenvalue weighted by Gasteiger charge is -2.13. The van der Waals surface area contributed by atoms with Crippen molar-refractivity contribution in [2.75, 3.05) is 0 Å². The van der Waals surface area contributed by atoms with E-state index in [0.717, 1.165) is 12.3 Å². The summed E-state index contributed by atoms with van der Waals surface area (Å²) in [5.41, 5.74) is 1.50. The standard InChI is InChI=1S/C10H19Br/c1-5-6-9(4)7-10(11)8(2)3/h6,8,10H,5,7H2,1-4H3. The summed E-state index contributed by atoms with van der Waals surface area (Å²) in [5.74, 6) is 0.732. The van der Waals surface area contributed by atoms with Crippen molar-refractivity contribution in [2.24, 2.45) is 5.92 Å². The maximum Gasteiger partial charge on any atom is 0.0205 e. The first-order valence-electron chi connectivity index (χ1n) is 4.37.